The lowest BCUT2D eigenvalue weighted by Crippen LogP contribution is -2.07. The zero-order valence-corrected chi connectivity index (χ0v) is 11.1. The lowest BCUT2D eigenvalue weighted by Gasteiger charge is -2.05. The SMILES string of the molecule is CC(=O)CCCCCOCCOCCCCN. The molecule has 0 fully saturated rings. The molecule has 0 aliphatic carbocycles. The predicted octanol–water partition coefficient (Wildman–Crippen LogP) is 1.91. The van der Waals surface area contributed by atoms with E-state index in [0.717, 1.165) is 51.9 Å². The second-order valence-corrected chi connectivity index (χ2v) is 4.23. The summed E-state index contributed by atoms with van der Waals surface area (Å²) in [4.78, 5) is 10.7. The fraction of sp³-hybridized carbons (Fsp3) is 0.923. The van der Waals surface area contributed by atoms with Crippen molar-refractivity contribution in [2.75, 3.05) is 33.0 Å². The van der Waals surface area contributed by atoms with Crippen molar-refractivity contribution in [2.45, 2.75) is 45.4 Å². The third-order valence-corrected chi connectivity index (χ3v) is 2.43. The Balaban J connectivity index is 2.91. The Morgan fingerprint density at radius 1 is 0.882 bits per heavy atom. The lowest BCUT2D eigenvalue weighted by atomic mass is 10.1. The molecule has 4 heteroatoms. The Labute approximate surface area is 105 Å². The normalized spacial score (nSPS) is 10.7. The van der Waals surface area contributed by atoms with Crippen molar-refractivity contribution in [3.05, 3.63) is 0 Å². The van der Waals surface area contributed by atoms with E-state index in [2.05, 4.69) is 0 Å². The van der Waals surface area contributed by atoms with Gasteiger partial charge >= 0.3 is 0 Å². The van der Waals surface area contributed by atoms with Crippen LogP contribution in [0.15, 0.2) is 0 Å². The molecular weight excluding hydrogens is 218 g/mol. The van der Waals surface area contributed by atoms with Crippen molar-refractivity contribution >= 4 is 5.78 Å². The number of carbonyl (C=O) groups excluding carboxylic acids is 1. The van der Waals surface area contributed by atoms with E-state index in [-0.39, 0.29) is 5.78 Å². The van der Waals surface area contributed by atoms with Crippen LogP contribution in [0.25, 0.3) is 0 Å². The van der Waals surface area contributed by atoms with E-state index in [1.165, 1.54) is 0 Å². The Hall–Kier alpha value is -0.450. The van der Waals surface area contributed by atoms with Gasteiger partial charge in [-0.3, -0.25) is 0 Å². The number of hydrogen-bond acceptors (Lipinski definition) is 4. The van der Waals surface area contributed by atoms with Crippen LogP contribution in [-0.4, -0.2) is 38.8 Å². The predicted molar refractivity (Wildman–Crippen MR) is 69.1 cm³/mol. The van der Waals surface area contributed by atoms with Crippen molar-refractivity contribution in [2.24, 2.45) is 5.73 Å². The van der Waals surface area contributed by atoms with Gasteiger partial charge in [0.25, 0.3) is 0 Å². The molecular formula is C13H27NO3. The summed E-state index contributed by atoms with van der Waals surface area (Å²) in [5.74, 6) is 0.275. The summed E-state index contributed by atoms with van der Waals surface area (Å²) in [7, 11) is 0. The smallest absolute Gasteiger partial charge is 0.129 e. The minimum atomic E-state index is 0.275. The number of carbonyl (C=O) groups is 1. The van der Waals surface area contributed by atoms with E-state index in [4.69, 9.17) is 15.2 Å². The van der Waals surface area contributed by atoms with E-state index in [9.17, 15) is 4.79 Å². The van der Waals surface area contributed by atoms with Crippen LogP contribution < -0.4 is 5.73 Å². The molecule has 102 valence electrons. The molecule has 0 rings (SSSR count). The van der Waals surface area contributed by atoms with E-state index in [1.54, 1.807) is 6.92 Å². The van der Waals surface area contributed by atoms with Crippen LogP contribution in [0.3, 0.4) is 0 Å². The zero-order valence-electron chi connectivity index (χ0n) is 11.1. The highest BCUT2D eigenvalue weighted by atomic mass is 16.5. The first-order chi connectivity index (χ1) is 8.27. The van der Waals surface area contributed by atoms with Gasteiger partial charge in [-0.1, -0.05) is 6.42 Å². The molecule has 0 bridgehead atoms. The monoisotopic (exact) mass is 245 g/mol. The average molecular weight is 245 g/mol. The summed E-state index contributed by atoms with van der Waals surface area (Å²) in [5.41, 5.74) is 5.37. The summed E-state index contributed by atoms with van der Waals surface area (Å²) in [6.45, 7) is 5.25. The maximum atomic E-state index is 10.7. The first-order valence-electron chi connectivity index (χ1n) is 6.62. The molecule has 0 saturated heterocycles. The summed E-state index contributed by atoms with van der Waals surface area (Å²) in [6.07, 6.45) is 5.83. The third kappa shape index (κ3) is 15.5. The number of ether oxygens (including phenoxy) is 2. The Bertz CT molecular complexity index is 174. The largest absolute Gasteiger partial charge is 0.379 e. The van der Waals surface area contributed by atoms with Crippen molar-refractivity contribution < 1.29 is 14.3 Å². The molecule has 2 N–H and O–H groups in total. The van der Waals surface area contributed by atoms with Crippen LogP contribution in [0.4, 0.5) is 0 Å². The molecule has 4 nitrogen and oxygen atoms in total. The summed E-state index contributed by atoms with van der Waals surface area (Å²) >= 11 is 0. The highest BCUT2D eigenvalue weighted by Gasteiger charge is 1.94. The van der Waals surface area contributed by atoms with Crippen molar-refractivity contribution in [3.63, 3.8) is 0 Å². The van der Waals surface area contributed by atoms with Gasteiger partial charge < -0.3 is 20.0 Å². The molecule has 17 heavy (non-hydrogen) atoms. The Morgan fingerprint density at radius 3 is 2.00 bits per heavy atom. The number of hydrogen-bond donors (Lipinski definition) is 1. The van der Waals surface area contributed by atoms with Crippen LogP contribution in [0.1, 0.15) is 45.4 Å². The minimum Gasteiger partial charge on any atom is -0.379 e. The number of ketones is 1. The molecule has 0 amide bonds. The van der Waals surface area contributed by atoms with E-state index in [0.29, 0.717) is 19.6 Å². The molecule has 0 aromatic rings. The first-order valence-corrected chi connectivity index (χ1v) is 6.62. The number of rotatable bonds is 13. The molecule has 0 aromatic carbocycles. The summed E-state index contributed by atoms with van der Waals surface area (Å²) < 4.78 is 10.8. The van der Waals surface area contributed by atoms with Gasteiger partial charge in [-0.2, -0.15) is 0 Å². The van der Waals surface area contributed by atoms with Gasteiger partial charge in [0, 0.05) is 19.6 Å². The number of nitrogens with two attached hydrogens (primary N) is 1. The quantitative estimate of drug-likeness (QED) is 0.503. The van der Waals surface area contributed by atoms with Crippen molar-refractivity contribution in [1.29, 1.82) is 0 Å². The summed E-state index contributed by atoms with van der Waals surface area (Å²) in [5, 5.41) is 0. The summed E-state index contributed by atoms with van der Waals surface area (Å²) in [6, 6.07) is 0. The van der Waals surface area contributed by atoms with Crippen LogP contribution >= 0.6 is 0 Å². The van der Waals surface area contributed by atoms with Crippen molar-refractivity contribution in [1.82, 2.24) is 0 Å². The third-order valence-electron chi connectivity index (χ3n) is 2.43. The topological polar surface area (TPSA) is 61.5 Å². The lowest BCUT2D eigenvalue weighted by molar-refractivity contribution is -0.117. The molecule has 0 aliphatic rings. The Morgan fingerprint density at radius 2 is 1.47 bits per heavy atom. The maximum absolute atomic E-state index is 10.7. The maximum Gasteiger partial charge on any atom is 0.129 e. The first kappa shape index (κ1) is 16.6. The zero-order chi connectivity index (χ0) is 12.8. The fourth-order valence-electron chi connectivity index (χ4n) is 1.43. The minimum absolute atomic E-state index is 0.275. The molecule has 0 spiro atoms. The van der Waals surface area contributed by atoms with Gasteiger partial charge in [0.15, 0.2) is 0 Å². The molecule has 0 aliphatic heterocycles. The van der Waals surface area contributed by atoms with Crippen LogP contribution in [0.5, 0.6) is 0 Å². The van der Waals surface area contributed by atoms with E-state index < -0.39 is 0 Å². The molecule has 0 aromatic heterocycles. The van der Waals surface area contributed by atoms with Gasteiger partial charge in [-0.05, 0) is 39.2 Å². The number of Topliss-reactive ketones (excluding diaryl/α,β-unsaturated/α-hetero) is 1. The van der Waals surface area contributed by atoms with Gasteiger partial charge in [-0.15, -0.1) is 0 Å². The fourth-order valence-corrected chi connectivity index (χ4v) is 1.43. The molecule has 0 saturated carbocycles. The van der Waals surface area contributed by atoms with Crippen LogP contribution in [0.2, 0.25) is 0 Å². The van der Waals surface area contributed by atoms with Crippen LogP contribution in [0, 0.1) is 0 Å². The molecule has 0 unspecified atom stereocenters. The van der Waals surface area contributed by atoms with Gasteiger partial charge in [-0.25, -0.2) is 0 Å². The van der Waals surface area contributed by atoms with Gasteiger partial charge in [0.05, 0.1) is 13.2 Å². The standard InChI is InChI=1S/C13H27NO3/c1-13(15)7-3-2-5-9-16-11-12-17-10-6-4-8-14/h2-12,14H2,1H3. The average Bonchev–Trinajstić information content (AvgIpc) is 2.30. The van der Waals surface area contributed by atoms with Crippen LogP contribution in [-0.2, 0) is 14.3 Å². The second kappa shape index (κ2) is 13.6. The highest BCUT2D eigenvalue weighted by Crippen LogP contribution is 2.00. The van der Waals surface area contributed by atoms with Gasteiger partial charge in [0.2, 0.25) is 0 Å². The van der Waals surface area contributed by atoms with Gasteiger partial charge in [0.1, 0.15) is 5.78 Å². The highest BCUT2D eigenvalue weighted by molar-refractivity contribution is 5.75. The van der Waals surface area contributed by atoms with E-state index in [1.807, 2.05) is 0 Å². The van der Waals surface area contributed by atoms with E-state index >= 15 is 0 Å². The molecule has 0 heterocycles. The second-order valence-electron chi connectivity index (χ2n) is 4.23. The molecule has 0 atom stereocenters. The molecule has 0 radical (unpaired) electrons. The number of unbranched alkanes of at least 4 members (excludes halogenated alkanes) is 3. The Kier molecular flexibility index (Phi) is 13.3. The van der Waals surface area contributed by atoms with Crippen molar-refractivity contribution in [3.8, 4) is 0 Å².